The third-order valence-corrected chi connectivity index (χ3v) is 4.87. The molecule has 0 spiro atoms. The monoisotopic (exact) mass is 349 g/mol. The zero-order valence-electron chi connectivity index (χ0n) is 15.5. The van der Waals surface area contributed by atoms with Gasteiger partial charge in [0.2, 0.25) is 11.8 Å². The van der Waals surface area contributed by atoms with Crippen LogP contribution in [-0.4, -0.2) is 53.8 Å². The molecule has 2 amide bonds. The number of halogens is 1. The van der Waals surface area contributed by atoms with E-state index in [4.69, 9.17) is 0 Å². The van der Waals surface area contributed by atoms with Crippen molar-refractivity contribution < 1.29 is 14.0 Å². The number of nitrogens with one attached hydrogen (secondary N) is 1. The van der Waals surface area contributed by atoms with Crippen molar-refractivity contribution in [3.63, 3.8) is 0 Å². The van der Waals surface area contributed by atoms with E-state index in [1.54, 1.807) is 24.9 Å². The number of hydrogen-bond donors (Lipinski definition) is 1. The summed E-state index contributed by atoms with van der Waals surface area (Å²) in [7, 11) is 1.73. The average Bonchev–Trinajstić information content (AvgIpc) is 2.55. The fraction of sp³-hybridized carbons (Fsp3) is 0.579. The molecule has 0 bridgehead atoms. The summed E-state index contributed by atoms with van der Waals surface area (Å²) in [4.78, 5) is 27.5. The summed E-state index contributed by atoms with van der Waals surface area (Å²) in [5.41, 5.74) is 0.770. The van der Waals surface area contributed by atoms with E-state index in [-0.39, 0.29) is 29.7 Å². The number of carbonyl (C=O) groups is 2. The molecule has 0 aliphatic carbocycles. The number of piperidine rings is 1. The molecule has 5 nitrogen and oxygen atoms in total. The Hall–Kier alpha value is -1.95. The second-order valence-corrected chi connectivity index (χ2v) is 7.05. The normalized spacial score (nSPS) is 21.7. The third kappa shape index (κ3) is 5.26. The molecule has 1 aromatic rings. The lowest BCUT2D eigenvalue weighted by molar-refractivity contribution is -0.134. The molecule has 0 radical (unpaired) electrons. The number of carbonyl (C=O) groups excluding carboxylic acids is 2. The number of rotatable bonds is 5. The molecule has 0 saturated carbocycles. The molecule has 1 fully saturated rings. The summed E-state index contributed by atoms with van der Waals surface area (Å²) >= 11 is 0. The van der Waals surface area contributed by atoms with Gasteiger partial charge in [0, 0.05) is 39.6 Å². The summed E-state index contributed by atoms with van der Waals surface area (Å²) < 4.78 is 13.3. The zero-order chi connectivity index (χ0) is 18.6. The van der Waals surface area contributed by atoms with E-state index in [2.05, 4.69) is 12.2 Å². The maximum atomic E-state index is 13.3. The molecule has 1 aromatic carbocycles. The summed E-state index contributed by atoms with van der Waals surface area (Å²) in [6, 6.07) is 6.18. The van der Waals surface area contributed by atoms with Crippen molar-refractivity contribution in [2.45, 2.75) is 45.8 Å². The largest absolute Gasteiger partial charge is 0.343 e. The molecule has 0 unspecified atom stereocenters. The van der Waals surface area contributed by atoms with Crippen LogP contribution in [0, 0.1) is 11.7 Å². The second kappa shape index (κ2) is 8.43. The Balaban J connectivity index is 1.88. The van der Waals surface area contributed by atoms with Gasteiger partial charge in [0.05, 0.1) is 6.04 Å². The van der Waals surface area contributed by atoms with Crippen LogP contribution in [0.25, 0.3) is 0 Å². The van der Waals surface area contributed by atoms with Crippen LogP contribution >= 0.6 is 0 Å². The van der Waals surface area contributed by atoms with E-state index >= 15 is 0 Å². The highest BCUT2D eigenvalue weighted by atomic mass is 19.1. The van der Waals surface area contributed by atoms with Crippen LogP contribution in [0.2, 0.25) is 0 Å². The van der Waals surface area contributed by atoms with Crippen molar-refractivity contribution >= 4 is 11.8 Å². The number of likely N-dealkylation sites (N-methyl/N-ethyl adjacent to an activating group) is 1. The van der Waals surface area contributed by atoms with E-state index < -0.39 is 0 Å². The maximum Gasteiger partial charge on any atom is 0.239 e. The zero-order valence-corrected chi connectivity index (χ0v) is 15.5. The van der Waals surface area contributed by atoms with E-state index in [1.807, 2.05) is 17.9 Å². The van der Waals surface area contributed by atoms with Gasteiger partial charge in [-0.1, -0.05) is 19.1 Å². The molecule has 3 atom stereocenters. The molecule has 6 heteroatoms. The topological polar surface area (TPSA) is 52.7 Å². The lowest BCUT2D eigenvalue weighted by Crippen LogP contribution is -2.54. The van der Waals surface area contributed by atoms with Gasteiger partial charge in [-0.15, -0.1) is 0 Å². The minimum atomic E-state index is -0.324. The molecule has 1 heterocycles. The Kier molecular flexibility index (Phi) is 6.53. The number of amides is 2. The van der Waals surface area contributed by atoms with Crippen LogP contribution in [0.5, 0.6) is 0 Å². The van der Waals surface area contributed by atoms with Gasteiger partial charge in [0.15, 0.2) is 0 Å². The van der Waals surface area contributed by atoms with Gasteiger partial charge in [0.25, 0.3) is 0 Å². The first kappa shape index (κ1) is 19.4. The predicted octanol–water partition coefficient (Wildman–Crippen LogP) is 2.02. The highest BCUT2D eigenvalue weighted by Gasteiger charge is 2.30. The molecule has 138 valence electrons. The molecule has 1 aliphatic rings. The number of benzene rings is 1. The van der Waals surface area contributed by atoms with E-state index in [0.717, 1.165) is 18.5 Å². The van der Waals surface area contributed by atoms with Gasteiger partial charge in [-0.3, -0.25) is 9.59 Å². The molecule has 2 rings (SSSR count). The number of likely N-dealkylation sites (tertiary alicyclic amines) is 1. The minimum absolute atomic E-state index is 0.0227. The number of nitrogens with zero attached hydrogens (tertiary/aromatic N) is 2. The maximum absolute atomic E-state index is 13.3. The quantitative estimate of drug-likeness (QED) is 0.885. The summed E-state index contributed by atoms with van der Waals surface area (Å²) in [5, 5.41) is 3.40. The highest BCUT2D eigenvalue weighted by Crippen LogP contribution is 2.18. The van der Waals surface area contributed by atoms with Gasteiger partial charge in [-0.05, 0) is 37.0 Å². The van der Waals surface area contributed by atoms with Crippen LogP contribution < -0.4 is 5.32 Å². The summed E-state index contributed by atoms with van der Waals surface area (Å²) in [5.74, 6) is 0.0757. The molecule has 0 aromatic heterocycles. The first-order valence-electron chi connectivity index (χ1n) is 8.79. The van der Waals surface area contributed by atoms with Crippen LogP contribution in [-0.2, 0) is 16.1 Å². The fourth-order valence-electron chi connectivity index (χ4n) is 3.39. The van der Waals surface area contributed by atoms with Crippen LogP contribution in [0.15, 0.2) is 24.3 Å². The number of hydrogen-bond acceptors (Lipinski definition) is 3. The highest BCUT2D eigenvalue weighted by molar-refractivity contribution is 5.81. The lowest BCUT2D eigenvalue weighted by atomic mass is 9.93. The van der Waals surface area contributed by atoms with Crippen molar-refractivity contribution in [2.75, 3.05) is 20.1 Å². The lowest BCUT2D eigenvalue weighted by Gasteiger charge is -2.38. The SMILES string of the molecule is CC(=O)N1CC[C@H](N[C@H](C)C(=O)N(C)Cc2cccc(F)c2)[C@@H](C)C1. The summed E-state index contributed by atoms with van der Waals surface area (Å²) in [6.45, 7) is 7.36. The minimum Gasteiger partial charge on any atom is -0.343 e. The van der Waals surface area contributed by atoms with Crippen molar-refractivity contribution in [3.8, 4) is 0 Å². The smallest absolute Gasteiger partial charge is 0.239 e. The van der Waals surface area contributed by atoms with E-state index in [9.17, 15) is 14.0 Å². The van der Waals surface area contributed by atoms with Crippen molar-refractivity contribution in [2.24, 2.45) is 5.92 Å². The van der Waals surface area contributed by atoms with Gasteiger partial charge in [-0.2, -0.15) is 0 Å². The standard InChI is InChI=1S/C19H28FN3O2/c1-13-11-23(15(3)24)9-8-18(13)21-14(2)19(25)22(4)12-16-6-5-7-17(20)10-16/h5-7,10,13-14,18,21H,8-9,11-12H2,1-4H3/t13-,14+,18-/m0/s1. The Labute approximate surface area is 149 Å². The Bertz CT molecular complexity index is 622. The van der Waals surface area contributed by atoms with Crippen molar-refractivity contribution in [1.29, 1.82) is 0 Å². The first-order valence-corrected chi connectivity index (χ1v) is 8.79. The molecule has 1 aliphatic heterocycles. The second-order valence-electron chi connectivity index (χ2n) is 7.05. The molecule has 1 saturated heterocycles. The van der Waals surface area contributed by atoms with Gasteiger partial charge < -0.3 is 15.1 Å². The van der Waals surface area contributed by atoms with E-state index in [1.165, 1.54) is 12.1 Å². The predicted molar refractivity (Wildman–Crippen MR) is 95.3 cm³/mol. The van der Waals surface area contributed by atoms with Gasteiger partial charge >= 0.3 is 0 Å². The van der Waals surface area contributed by atoms with Crippen LogP contribution in [0.3, 0.4) is 0 Å². The Morgan fingerprint density at radius 1 is 1.44 bits per heavy atom. The Morgan fingerprint density at radius 2 is 2.16 bits per heavy atom. The average molecular weight is 349 g/mol. The van der Waals surface area contributed by atoms with Crippen LogP contribution in [0.1, 0.15) is 32.8 Å². The van der Waals surface area contributed by atoms with E-state index in [0.29, 0.717) is 19.0 Å². The summed E-state index contributed by atoms with van der Waals surface area (Å²) in [6.07, 6.45) is 0.839. The fourth-order valence-corrected chi connectivity index (χ4v) is 3.39. The Morgan fingerprint density at radius 3 is 2.76 bits per heavy atom. The molecule has 25 heavy (non-hydrogen) atoms. The molecule has 1 N–H and O–H groups in total. The van der Waals surface area contributed by atoms with Gasteiger partial charge in [0.1, 0.15) is 5.82 Å². The van der Waals surface area contributed by atoms with Crippen LogP contribution in [0.4, 0.5) is 4.39 Å². The molecular weight excluding hydrogens is 321 g/mol. The third-order valence-electron chi connectivity index (χ3n) is 4.87. The molecular formula is C19H28FN3O2. The van der Waals surface area contributed by atoms with Crippen molar-refractivity contribution in [1.82, 2.24) is 15.1 Å². The first-order chi connectivity index (χ1) is 11.8. The van der Waals surface area contributed by atoms with Gasteiger partial charge in [-0.25, -0.2) is 4.39 Å². The van der Waals surface area contributed by atoms with Crippen molar-refractivity contribution in [3.05, 3.63) is 35.6 Å².